The van der Waals surface area contributed by atoms with E-state index in [0.29, 0.717) is 18.7 Å². The van der Waals surface area contributed by atoms with Crippen molar-refractivity contribution >= 4 is 5.97 Å². The number of rotatable bonds is 2. The molecular weight excluding hydrogens is 184 g/mol. The molecule has 0 bridgehead atoms. The number of fused-ring (bicyclic) bond motifs is 1. The topological polar surface area (TPSA) is 66.6 Å². The zero-order chi connectivity index (χ0) is 10.1. The maximum Gasteiger partial charge on any atom is 0.358 e. The van der Waals surface area contributed by atoms with Crippen molar-refractivity contribution in [1.82, 2.24) is 10.1 Å². The molecule has 1 N–H and O–H groups in total. The first-order chi connectivity index (χ1) is 6.72. The maximum atomic E-state index is 10.7. The average Bonchev–Trinajstić information content (AvgIpc) is 2.59. The monoisotopic (exact) mass is 196 g/mol. The lowest BCUT2D eigenvalue weighted by Gasteiger charge is -2.23. The van der Waals surface area contributed by atoms with E-state index in [4.69, 9.17) is 9.63 Å². The fourth-order valence-corrected chi connectivity index (χ4v) is 1.72. The number of likely N-dealkylation sites (N-methyl/N-ethyl adjacent to an activating group) is 1. The Labute approximate surface area is 81.3 Å². The molecule has 1 aromatic rings. The predicted octanol–water partition coefficient (Wildman–Crippen LogP) is 0.751. The van der Waals surface area contributed by atoms with Gasteiger partial charge in [0.15, 0.2) is 11.5 Å². The molecule has 1 aliphatic heterocycles. The summed E-state index contributed by atoms with van der Waals surface area (Å²) < 4.78 is 5.01. The van der Waals surface area contributed by atoms with Crippen molar-refractivity contribution in [3.05, 3.63) is 17.0 Å². The van der Waals surface area contributed by atoms with Crippen LogP contribution in [0.3, 0.4) is 0 Å². The molecule has 0 saturated carbocycles. The van der Waals surface area contributed by atoms with E-state index in [-0.39, 0.29) is 5.69 Å². The number of carboxylic acid groups (broad SMARTS) is 1. The first-order valence-corrected chi connectivity index (χ1v) is 4.65. The second-order valence-electron chi connectivity index (χ2n) is 3.36. The maximum absolute atomic E-state index is 10.7. The molecule has 0 aliphatic carbocycles. The summed E-state index contributed by atoms with van der Waals surface area (Å²) in [5.41, 5.74) is 0.845. The summed E-state index contributed by atoms with van der Waals surface area (Å²) in [5.74, 6) is -0.296. The Hall–Kier alpha value is -1.36. The molecule has 0 spiro atoms. The van der Waals surface area contributed by atoms with Crippen LogP contribution in [-0.2, 0) is 13.0 Å². The third-order valence-corrected chi connectivity index (χ3v) is 2.56. The normalized spacial score (nSPS) is 16.6. The zero-order valence-corrected chi connectivity index (χ0v) is 7.99. The van der Waals surface area contributed by atoms with Gasteiger partial charge in [0.2, 0.25) is 0 Å². The van der Waals surface area contributed by atoms with E-state index in [2.05, 4.69) is 17.0 Å². The van der Waals surface area contributed by atoms with Crippen molar-refractivity contribution in [2.24, 2.45) is 0 Å². The van der Waals surface area contributed by atoms with Gasteiger partial charge in [-0.25, -0.2) is 4.79 Å². The van der Waals surface area contributed by atoms with E-state index in [9.17, 15) is 4.79 Å². The summed E-state index contributed by atoms with van der Waals surface area (Å²) in [7, 11) is 0. The van der Waals surface area contributed by atoms with Crippen LogP contribution < -0.4 is 0 Å². The lowest BCUT2D eigenvalue weighted by atomic mass is 10.1. The number of aromatic carboxylic acids is 1. The highest BCUT2D eigenvalue weighted by molar-refractivity contribution is 5.87. The predicted molar refractivity (Wildman–Crippen MR) is 48.1 cm³/mol. The van der Waals surface area contributed by atoms with E-state index >= 15 is 0 Å². The molecule has 0 radical (unpaired) electrons. The Kier molecular flexibility index (Phi) is 2.25. The summed E-state index contributed by atoms with van der Waals surface area (Å²) in [6.45, 7) is 4.57. The summed E-state index contributed by atoms with van der Waals surface area (Å²) in [6, 6.07) is 0. The van der Waals surface area contributed by atoms with Crippen molar-refractivity contribution in [2.45, 2.75) is 19.9 Å². The quantitative estimate of drug-likeness (QED) is 0.756. The molecule has 14 heavy (non-hydrogen) atoms. The van der Waals surface area contributed by atoms with Gasteiger partial charge in [-0.1, -0.05) is 12.1 Å². The fraction of sp³-hybridized carbons (Fsp3) is 0.556. The van der Waals surface area contributed by atoms with Crippen LogP contribution >= 0.6 is 0 Å². The van der Waals surface area contributed by atoms with Crippen LogP contribution in [0, 0.1) is 0 Å². The van der Waals surface area contributed by atoms with Gasteiger partial charge in [-0.2, -0.15) is 0 Å². The molecule has 0 amide bonds. The van der Waals surface area contributed by atoms with Gasteiger partial charge in [0.05, 0.1) is 6.54 Å². The van der Waals surface area contributed by atoms with E-state index in [1.165, 1.54) is 0 Å². The Morgan fingerprint density at radius 1 is 1.71 bits per heavy atom. The Morgan fingerprint density at radius 2 is 2.50 bits per heavy atom. The number of aromatic nitrogens is 1. The molecule has 0 aromatic carbocycles. The first-order valence-electron chi connectivity index (χ1n) is 4.65. The number of carbonyl (C=O) groups is 1. The van der Waals surface area contributed by atoms with Gasteiger partial charge in [0, 0.05) is 12.1 Å². The van der Waals surface area contributed by atoms with Gasteiger partial charge >= 0.3 is 5.97 Å². The van der Waals surface area contributed by atoms with Crippen LogP contribution in [0.15, 0.2) is 4.52 Å². The van der Waals surface area contributed by atoms with Crippen LogP contribution in [0.5, 0.6) is 0 Å². The Balaban J connectivity index is 2.29. The number of hydrogen-bond donors (Lipinski definition) is 1. The van der Waals surface area contributed by atoms with E-state index in [1.54, 1.807) is 0 Å². The molecule has 2 rings (SSSR count). The lowest BCUT2D eigenvalue weighted by molar-refractivity contribution is 0.0684. The smallest absolute Gasteiger partial charge is 0.358 e. The third-order valence-electron chi connectivity index (χ3n) is 2.56. The summed E-state index contributed by atoms with van der Waals surface area (Å²) >= 11 is 0. The first kappa shape index (κ1) is 9.21. The van der Waals surface area contributed by atoms with Crippen LogP contribution in [-0.4, -0.2) is 34.2 Å². The molecule has 1 aliphatic rings. The third kappa shape index (κ3) is 1.39. The lowest BCUT2D eigenvalue weighted by Crippen LogP contribution is -2.30. The van der Waals surface area contributed by atoms with Crippen molar-refractivity contribution in [2.75, 3.05) is 13.1 Å². The minimum absolute atomic E-state index is 0.0794. The minimum Gasteiger partial charge on any atom is -0.476 e. The fourth-order valence-electron chi connectivity index (χ4n) is 1.72. The largest absolute Gasteiger partial charge is 0.476 e. The van der Waals surface area contributed by atoms with Crippen LogP contribution in [0.1, 0.15) is 28.7 Å². The molecular formula is C9H12N2O3. The van der Waals surface area contributed by atoms with Gasteiger partial charge in [0.25, 0.3) is 0 Å². The number of nitrogens with zero attached hydrogens (tertiary/aromatic N) is 2. The van der Waals surface area contributed by atoms with E-state index in [1.807, 2.05) is 0 Å². The van der Waals surface area contributed by atoms with E-state index < -0.39 is 5.97 Å². The second-order valence-corrected chi connectivity index (χ2v) is 3.36. The van der Waals surface area contributed by atoms with Crippen molar-refractivity contribution < 1.29 is 14.4 Å². The highest BCUT2D eigenvalue weighted by atomic mass is 16.5. The summed E-state index contributed by atoms with van der Waals surface area (Å²) in [6.07, 6.45) is 0.717. The number of carboxylic acids is 1. The van der Waals surface area contributed by atoms with Crippen molar-refractivity contribution in [3.8, 4) is 0 Å². The van der Waals surface area contributed by atoms with Gasteiger partial charge in [0.1, 0.15) is 0 Å². The van der Waals surface area contributed by atoms with Crippen LogP contribution in [0.4, 0.5) is 0 Å². The zero-order valence-electron chi connectivity index (χ0n) is 7.99. The molecule has 0 unspecified atom stereocenters. The average molecular weight is 196 g/mol. The van der Waals surface area contributed by atoms with Gasteiger partial charge in [-0.3, -0.25) is 4.90 Å². The summed E-state index contributed by atoms with van der Waals surface area (Å²) in [4.78, 5) is 12.9. The summed E-state index contributed by atoms with van der Waals surface area (Å²) in [5, 5.41) is 12.4. The Morgan fingerprint density at radius 3 is 3.14 bits per heavy atom. The molecule has 2 heterocycles. The van der Waals surface area contributed by atoms with Crippen LogP contribution in [0.25, 0.3) is 0 Å². The highest BCUT2D eigenvalue weighted by Gasteiger charge is 2.26. The Bertz CT molecular complexity index is 359. The number of hydrogen-bond acceptors (Lipinski definition) is 4. The highest BCUT2D eigenvalue weighted by Crippen LogP contribution is 2.21. The minimum atomic E-state index is -1.00. The molecule has 76 valence electrons. The van der Waals surface area contributed by atoms with Crippen molar-refractivity contribution in [1.29, 1.82) is 0 Å². The van der Waals surface area contributed by atoms with Gasteiger partial charge < -0.3 is 9.63 Å². The molecule has 5 nitrogen and oxygen atoms in total. The van der Waals surface area contributed by atoms with Crippen LogP contribution in [0.2, 0.25) is 0 Å². The standard InChI is InChI=1S/C9H12N2O3/c1-2-11-4-3-6-7(5-11)14-10-8(6)9(12)13/h2-5H2,1H3,(H,12,13). The second kappa shape index (κ2) is 3.42. The molecule has 0 fully saturated rings. The van der Waals surface area contributed by atoms with Gasteiger partial charge in [-0.15, -0.1) is 0 Å². The molecule has 0 atom stereocenters. The SMILES string of the molecule is CCN1CCc2c(C(=O)O)noc2C1. The molecule has 5 heteroatoms. The molecule has 1 aromatic heterocycles. The van der Waals surface area contributed by atoms with Crippen molar-refractivity contribution in [3.63, 3.8) is 0 Å². The van der Waals surface area contributed by atoms with Gasteiger partial charge in [-0.05, 0) is 13.0 Å². The molecule has 0 saturated heterocycles. The van der Waals surface area contributed by atoms with E-state index in [0.717, 1.165) is 18.7 Å².